The van der Waals surface area contributed by atoms with Crippen LogP contribution in [0.3, 0.4) is 0 Å². The fourth-order valence-corrected chi connectivity index (χ4v) is 4.35. The summed E-state index contributed by atoms with van der Waals surface area (Å²) in [5.74, 6) is 0.381. The molecular formula is C18H17N5O2S2. The molecule has 0 unspecified atom stereocenters. The number of benzene rings is 1. The quantitative estimate of drug-likeness (QED) is 0.521. The number of thioether (sulfide) groups is 1. The zero-order chi connectivity index (χ0) is 19.0. The van der Waals surface area contributed by atoms with Gasteiger partial charge in [0.25, 0.3) is 5.56 Å². The Labute approximate surface area is 163 Å². The molecule has 0 saturated carbocycles. The number of hydrogen-bond acceptors (Lipinski definition) is 6. The minimum Gasteiger partial charge on any atom is -0.350 e. The van der Waals surface area contributed by atoms with Gasteiger partial charge in [-0.05, 0) is 30.5 Å². The second-order valence-corrected chi connectivity index (χ2v) is 8.40. The minimum atomic E-state index is -0.353. The normalized spacial score (nSPS) is 12.5. The van der Waals surface area contributed by atoms with Crippen LogP contribution in [-0.2, 0) is 18.4 Å². The van der Waals surface area contributed by atoms with Crippen molar-refractivity contribution in [2.75, 3.05) is 0 Å². The topological polar surface area (TPSA) is 81.3 Å². The lowest BCUT2D eigenvalue weighted by atomic mass is 10.2. The standard InChI is InChI=1S/C18H17N5O2S2/c1-11(15(24)19-10-12-6-5-9-26-12)27-18-21-20-17-22(2)16(25)13-7-3-4-8-14(13)23(17)18/h3-9,11H,10H2,1-2H3,(H,19,24)/t11-/m1/s1. The van der Waals surface area contributed by atoms with Crippen LogP contribution in [-0.4, -0.2) is 30.3 Å². The first-order valence-corrected chi connectivity index (χ1v) is 10.1. The molecule has 0 aliphatic carbocycles. The summed E-state index contributed by atoms with van der Waals surface area (Å²) in [6.45, 7) is 2.35. The maximum absolute atomic E-state index is 12.5. The molecule has 3 heterocycles. The lowest BCUT2D eigenvalue weighted by Crippen LogP contribution is -2.30. The van der Waals surface area contributed by atoms with E-state index >= 15 is 0 Å². The maximum atomic E-state index is 12.5. The fraction of sp³-hybridized carbons (Fsp3) is 0.222. The molecule has 27 heavy (non-hydrogen) atoms. The molecule has 0 aliphatic rings. The number of carbonyl (C=O) groups is 1. The SMILES string of the molecule is C[C@@H](Sc1nnc2n(C)c(=O)c3ccccc3n12)C(=O)NCc1cccs1. The van der Waals surface area contributed by atoms with Gasteiger partial charge in [-0.3, -0.25) is 18.6 Å². The number of rotatable bonds is 5. The molecule has 0 aliphatic heterocycles. The van der Waals surface area contributed by atoms with Gasteiger partial charge in [0.05, 0.1) is 22.7 Å². The third-order valence-electron chi connectivity index (χ3n) is 4.26. The summed E-state index contributed by atoms with van der Waals surface area (Å²) in [5, 5.41) is 14.1. The van der Waals surface area contributed by atoms with Crippen molar-refractivity contribution in [3.63, 3.8) is 0 Å². The smallest absolute Gasteiger partial charge is 0.262 e. The Kier molecular flexibility index (Phi) is 4.71. The molecule has 9 heteroatoms. The van der Waals surface area contributed by atoms with Gasteiger partial charge in [-0.25, -0.2) is 0 Å². The van der Waals surface area contributed by atoms with Gasteiger partial charge in [0, 0.05) is 11.9 Å². The molecule has 4 aromatic rings. The largest absolute Gasteiger partial charge is 0.350 e. The highest BCUT2D eigenvalue weighted by Gasteiger charge is 2.20. The number of thiophene rings is 1. The average Bonchev–Trinajstić information content (AvgIpc) is 3.34. The Balaban J connectivity index is 1.64. The number of nitrogens with one attached hydrogen (secondary N) is 1. The molecule has 7 nitrogen and oxygen atoms in total. The molecule has 138 valence electrons. The van der Waals surface area contributed by atoms with Crippen LogP contribution in [0.4, 0.5) is 0 Å². The monoisotopic (exact) mass is 399 g/mol. The Morgan fingerprint density at radius 2 is 2.07 bits per heavy atom. The molecule has 0 bridgehead atoms. The number of nitrogens with zero attached hydrogens (tertiary/aromatic N) is 4. The summed E-state index contributed by atoms with van der Waals surface area (Å²) < 4.78 is 3.30. The highest BCUT2D eigenvalue weighted by Crippen LogP contribution is 2.25. The second-order valence-electron chi connectivity index (χ2n) is 6.06. The van der Waals surface area contributed by atoms with Crippen LogP contribution in [0.5, 0.6) is 0 Å². The predicted molar refractivity (Wildman–Crippen MR) is 107 cm³/mol. The van der Waals surface area contributed by atoms with E-state index in [0.717, 1.165) is 10.4 Å². The van der Waals surface area contributed by atoms with Crippen LogP contribution in [0.25, 0.3) is 16.7 Å². The average molecular weight is 400 g/mol. The zero-order valence-corrected chi connectivity index (χ0v) is 16.4. The third-order valence-corrected chi connectivity index (χ3v) is 6.18. The van der Waals surface area contributed by atoms with E-state index in [1.54, 1.807) is 24.5 Å². The summed E-state index contributed by atoms with van der Waals surface area (Å²) >= 11 is 2.93. The van der Waals surface area contributed by atoms with E-state index in [-0.39, 0.29) is 16.7 Å². The minimum absolute atomic E-state index is 0.0701. The highest BCUT2D eigenvalue weighted by molar-refractivity contribution is 8.00. The van der Waals surface area contributed by atoms with Crippen molar-refractivity contribution >= 4 is 45.7 Å². The summed E-state index contributed by atoms with van der Waals surface area (Å²) in [5.41, 5.74) is 0.609. The molecule has 1 aromatic carbocycles. The van der Waals surface area contributed by atoms with Crippen molar-refractivity contribution in [2.24, 2.45) is 7.05 Å². The van der Waals surface area contributed by atoms with Crippen molar-refractivity contribution in [1.29, 1.82) is 0 Å². The van der Waals surface area contributed by atoms with Crippen molar-refractivity contribution in [3.05, 3.63) is 57.0 Å². The van der Waals surface area contributed by atoms with Crippen LogP contribution in [0.15, 0.2) is 51.7 Å². The van der Waals surface area contributed by atoms with Crippen LogP contribution < -0.4 is 10.9 Å². The zero-order valence-electron chi connectivity index (χ0n) is 14.7. The number of fused-ring (bicyclic) bond motifs is 3. The molecule has 0 radical (unpaired) electrons. The Morgan fingerprint density at radius 1 is 1.26 bits per heavy atom. The molecule has 1 N–H and O–H groups in total. The van der Waals surface area contributed by atoms with E-state index in [9.17, 15) is 9.59 Å². The molecule has 1 atom stereocenters. The highest BCUT2D eigenvalue weighted by atomic mass is 32.2. The van der Waals surface area contributed by atoms with Gasteiger partial charge < -0.3 is 5.32 Å². The third kappa shape index (κ3) is 3.24. The van der Waals surface area contributed by atoms with Gasteiger partial charge in [-0.1, -0.05) is 30.0 Å². The number of amides is 1. The summed E-state index contributed by atoms with van der Waals surface area (Å²) in [4.78, 5) is 26.0. The molecular weight excluding hydrogens is 382 g/mol. The summed E-state index contributed by atoms with van der Waals surface area (Å²) in [6.07, 6.45) is 0. The Hall–Kier alpha value is -2.65. The molecule has 0 spiro atoms. The number of aromatic nitrogens is 4. The van der Waals surface area contributed by atoms with Gasteiger partial charge in [-0.15, -0.1) is 21.5 Å². The first-order chi connectivity index (χ1) is 13.1. The first kappa shape index (κ1) is 17.7. The number of aryl methyl sites for hydroxylation is 1. The van der Waals surface area contributed by atoms with Crippen molar-refractivity contribution in [2.45, 2.75) is 23.9 Å². The summed E-state index contributed by atoms with van der Waals surface area (Å²) in [7, 11) is 1.67. The second kappa shape index (κ2) is 7.16. The van der Waals surface area contributed by atoms with Gasteiger partial charge in [-0.2, -0.15) is 0 Å². The van der Waals surface area contributed by atoms with E-state index < -0.39 is 0 Å². The predicted octanol–water partition coefficient (Wildman–Crippen LogP) is 2.44. The lowest BCUT2D eigenvalue weighted by Gasteiger charge is -2.11. The Morgan fingerprint density at radius 3 is 2.85 bits per heavy atom. The van der Waals surface area contributed by atoms with E-state index in [4.69, 9.17) is 0 Å². The number of para-hydroxylation sites is 1. The molecule has 3 aromatic heterocycles. The van der Waals surface area contributed by atoms with Gasteiger partial charge in [0.15, 0.2) is 5.16 Å². The van der Waals surface area contributed by atoms with Crippen LogP contribution in [0, 0.1) is 0 Å². The number of hydrogen-bond donors (Lipinski definition) is 1. The van der Waals surface area contributed by atoms with Gasteiger partial charge >= 0.3 is 0 Å². The molecule has 0 saturated heterocycles. The van der Waals surface area contributed by atoms with E-state index in [0.29, 0.717) is 22.9 Å². The molecule has 1 amide bonds. The first-order valence-electron chi connectivity index (χ1n) is 8.36. The van der Waals surface area contributed by atoms with Crippen molar-refractivity contribution in [3.8, 4) is 0 Å². The van der Waals surface area contributed by atoms with Crippen LogP contribution in [0.1, 0.15) is 11.8 Å². The maximum Gasteiger partial charge on any atom is 0.262 e. The van der Waals surface area contributed by atoms with E-state index in [1.165, 1.54) is 16.3 Å². The van der Waals surface area contributed by atoms with Gasteiger partial charge in [0.2, 0.25) is 11.7 Å². The lowest BCUT2D eigenvalue weighted by molar-refractivity contribution is -0.120. The van der Waals surface area contributed by atoms with Crippen LogP contribution >= 0.6 is 23.1 Å². The molecule has 0 fully saturated rings. The van der Waals surface area contributed by atoms with Crippen molar-refractivity contribution in [1.82, 2.24) is 24.5 Å². The fourth-order valence-electron chi connectivity index (χ4n) is 2.83. The van der Waals surface area contributed by atoms with Crippen molar-refractivity contribution < 1.29 is 4.79 Å². The van der Waals surface area contributed by atoms with E-state index in [1.807, 2.05) is 47.0 Å². The van der Waals surface area contributed by atoms with E-state index in [2.05, 4.69) is 15.5 Å². The van der Waals surface area contributed by atoms with Crippen LogP contribution in [0.2, 0.25) is 0 Å². The Bertz CT molecular complexity index is 1180. The summed E-state index contributed by atoms with van der Waals surface area (Å²) in [6, 6.07) is 11.3. The number of carbonyl (C=O) groups excluding carboxylic acids is 1. The molecule has 4 rings (SSSR count). The van der Waals surface area contributed by atoms with Gasteiger partial charge in [0.1, 0.15) is 0 Å².